The summed E-state index contributed by atoms with van der Waals surface area (Å²) in [6, 6.07) is 11.9. The van der Waals surface area contributed by atoms with Crippen molar-refractivity contribution >= 4 is 17.7 Å². The van der Waals surface area contributed by atoms with Crippen LogP contribution in [-0.2, 0) is 11.3 Å². The Kier molecular flexibility index (Phi) is 5.57. The van der Waals surface area contributed by atoms with Gasteiger partial charge in [0.2, 0.25) is 5.91 Å². The van der Waals surface area contributed by atoms with Gasteiger partial charge in [-0.1, -0.05) is 23.9 Å². The first-order valence-corrected chi connectivity index (χ1v) is 10.1. The van der Waals surface area contributed by atoms with E-state index in [9.17, 15) is 4.79 Å². The molecule has 0 unspecified atom stereocenters. The zero-order valence-electron chi connectivity index (χ0n) is 15.5. The van der Waals surface area contributed by atoms with Gasteiger partial charge in [-0.05, 0) is 42.7 Å². The number of rotatable bonds is 8. The SMILES string of the molecule is COc1ccc(CNC(=O)CSc2nnc(-c3cccnc3)n2C2CC2)cc1. The number of aromatic nitrogens is 4. The van der Waals surface area contributed by atoms with Gasteiger partial charge in [-0.2, -0.15) is 0 Å². The average molecular weight is 395 g/mol. The minimum Gasteiger partial charge on any atom is -0.497 e. The molecule has 2 aromatic heterocycles. The van der Waals surface area contributed by atoms with Crippen LogP contribution in [0.1, 0.15) is 24.4 Å². The topological polar surface area (TPSA) is 81.9 Å². The van der Waals surface area contributed by atoms with Crippen LogP contribution in [0.2, 0.25) is 0 Å². The number of amides is 1. The Morgan fingerprint density at radius 3 is 2.75 bits per heavy atom. The fourth-order valence-corrected chi connectivity index (χ4v) is 3.69. The second-order valence-corrected chi connectivity index (χ2v) is 7.51. The molecular formula is C20H21N5O2S. The molecule has 1 aliphatic carbocycles. The largest absolute Gasteiger partial charge is 0.497 e. The Morgan fingerprint density at radius 2 is 2.07 bits per heavy atom. The van der Waals surface area contributed by atoms with E-state index in [0.717, 1.165) is 40.7 Å². The van der Waals surface area contributed by atoms with E-state index >= 15 is 0 Å². The minimum atomic E-state index is -0.0332. The minimum absolute atomic E-state index is 0.0332. The van der Waals surface area contributed by atoms with Crippen LogP contribution >= 0.6 is 11.8 Å². The van der Waals surface area contributed by atoms with Gasteiger partial charge in [0.05, 0.1) is 12.9 Å². The van der Waals surface area contributed by atoms with Crippen molar-refractivity contribution in [2.24, 2.45) is 0 Å². The summed E-state index contributed by atoms with van der Waals surface area (Å²) in [5.74, 6) is 1.88. The van der Waals surface area contributed by atoms with Crippen LogP contribution in [0.3, 0.4) is 0 Å². The van der Waals surface area contributed by atoms with Gasteiger partial charge >= 0.3 is 0 Å². The molecule has 1 amide bonds. The molecule has 144 valence electrons. The van der Waals surface area contributed by atoms with E-state index in [1.54, 1.807) is 19.5 Å². The molecule has 1 N–H and O–H groups in total. The fourth-order valence-electron chi connectivity index (χ4n) is 2.85. The van der Waals surface area contributed by atoms with Crippen LogP contribution in [-0.4, -0.2) is 38.5 Å². The molecule has 0 aliphatic heterocycles. The van der Waals surface area contributed by atoms with Gasteiger partial charge in [-0.3, -0.25) is 14.3 Å². The number of methoxy groups -OCH3 is 1. The molecule has 28 heavy (non-hydrogen) atoms. The van der Waals surface area contributed by atoms with Gasteiger partial charge in [-0.15, -0.1) is 10.2 Å². The van der Waals surface area contributed by atoms with Crippen LogP contribution in [0.25, 0.3) is 11.4 Å². The van der Waals surface area contributed by atoms with Crippen molar-refractivity contribution in [3.63, 3.8) is 0 Å². The van der Waals surface area contributed by atoms with Crippen LogP contribution in [0.15, 0.2) is 53.9 Å². The predicted octanol–water partition coefficient (Wildman–Crippen LogP) is 3.09. The second kappa shape index (κ2) is 8.43. The maximum atomic E-state index is 12.3. The van der Waals surface area contributed by atoms with E-state index in [4.69, 9.17) is 4.74 Å². The van der Waals surface area contributed by atoms with Crippen molar-refractivity contribution in [2.75, 3.05) is 12.9 Å². The summed E-state index contributed by atoms with van der Waals surface area (Å²) in [4.78, 5) is 16.4. The van der Waals surface area contributed by atoms with E-state index in [1.807, 2.05) is 36.4 Å². The summed E-state index contributed by atoms with van der Waals surface area (Å²) >= 11 is 1.42. The average Bonchev–Trinajstić information content (AvgIpc) is 3.50. The first-order chi connectivity index (χ1) is 13.7. The molecule has 0 spiro atoms. The van der Waals surface area contributed by atoms with Crippen LogP contribution < -0.4 is 10.1 Å². The Balaban J connectivity index is 1.36. The lowest BCUT2D eigenvalue weighted by Crippen LogP contribution is -2.24. The van der Waals surface area contributed by atoms with E-state index in [1.165, 1.54) is 11.8 Å². The number of nitrogens with zero attached hydrogens (tertiary/aromatic N) is 4. The molecule has 0 bridgehead atoms. The molecule has 1 fully saturated rings. The summed E-state index contributed by atoms with van der Waals surface area (Å²) in [5, 5.41) is 12.4. The Bertz CT molecular complexity index is 939. The lowest BCUT2D eigenvalue weighted by atomic mass is 10.2. The van der Waals surface area contributed by atoms with E-state index < -0.39 is 0 Å². The molecule has 0 saturated heterocycles. The van der Waals surface area contributed by atoms with Crippen molar-refractivity contribution in [3.8, 4) is 17.1 Å². The number of pyridine rings is 1. The van der Waals surface area contributed by atoms with Gasteiger partial charge in [0.15, 0.2) is 11.0 Å². The van der Waals surface area contributed by atoms with Gasteiger partial charge in [-0.25, -0.2) is 0 Å². The fraction of sp³-hybridized carbons (Fsp3) is 0.300. The smallest absolute Gasteiger partial charge is 0.230 e. The lowest BCUT2D eigenvalue weighted by molar-refractivity contribution is -0.118. The molecule has 2 heterocycles. The van der Waals surface area contributed by atoms with Crippen LogP contribution in [0.4, 0.5) is 0 Å². The van der Waals surface area contributed by atoms with Crippen molar-refractivity contribution in [1.29, 1.82) is 0 Å². The molecule has 0 atom stereocenters. The highest BCUT2D eigenvalue weighted by atomic mass is 32.2. The molecule has 4 rings (SSSR count). The van der Waals surface area contributed by atoms with E-state index in [0.29, 0.717) is 18.3 Å². The highest BCUT2D eigenvalue weighted by Gasteiger charge is 2.30. The molecule has 0 radical (unpaired) electrons. The molecular weight excluding hydrogens is 374 g/mol. The van der Waals surface area contributed by atoms with Crippen molar-refractivity contribution in [2.45, 2.75) is 30.6 Å². The zero-order valence-corrected chi connectivity index (χ0v) is 16.4. The van der Waals surface area contributed by atoms with E-state index in [-0.39, 0.29) is 5.91 Å². The summed E-state index contributed by atoms with van der Waals surface area (Å²) in [6.45, 7) is 0.486. The van der Waals surface area contributed by atoms with Crippen molar-refractivity contribution < 1.29 is 9.53 Å². The lowest BCUT2D eigenvalue weighted by Gasteiger charge is -2.09. The second-order valence-electron chi connectivity index (χ2n) is 6.56. The first kappa shape index (κ1) is 18.5. The molecule has 8 heteroatoms. The van der Waals surface area contributed by atoms with Crippen LogP contribution in [0.5, 0.6) is 5.75 Å². The Labute approximate surface area is 167 Å². The number of ether oxygens (including phenoxy) is 1. The number of carbonyl (C=O) groups excluding carboxylic acids is 1. The summed E-state index contributed by atoms with van der Waals surface area (Å²) in [6.07, 6.45) is 5.76. The predicted molar refractivity (Wildman–Crippen MR) is 107 cm³/mol. The molecule has 7 nitrogen and oxygen atoms in total. The van der Waals surface area contributed by atoms with Crippen molar-refractivity contribution in [1.82, 2.24) is 25.1 Å². The Hall–Kier alpha value is -2.87. The maximum Gasteiger partial charge on any atom is 0.230 e. The van der Waals surface area contributed by atoms with Crippen LogP contribution in [0, 0.1) is 0 Å². The third kappa shape index (κ3) is 4.33. The quantitative estimate of drug-likeness (QED) is 0.590. The highest BCUT2D eigenvalue weighted by Crippen LogP contribution is 2.40. The third-order valence-corrected chi connectivity index (χ3v) is 5.42. The number of thioether (sulfide) groups is 1. The molecule has 3 aromatic rings. The first-order valence-electron chi connectivity index (χ1n) is 9.12. The number of hydrogen-bond acceptors (Lipinski definition) is 6. The van der Waals surface area contributed by atoms with Gasteiger partial charge in [0.1, 0.15) is 5.75 Å². The van der Waals surface area contributed by atoms with Gasteiger partial charge in [0, 0.05) is 30.5 Å². The molecule has 1 aromatic carbocycles. The number of carbonyl (C=O) groups is 1. The standard InChI is InChI=1S/C20H21N5O2S/c1-27-17-8-4-14(5-9-17)11-22-18(26)13-28-20-24-23-19(25(20)16-6-7-16)15-3-2-10-21-12-15/h2-5,8-10,12,16H,6-7,11,13H2,1H3,(H,22,26). The zero-order chi connectivity index (χ0) is 19.3. The van der Waals surface area contributed by atoms with Gasteiger partial charge < -0.3 is 10.1 Å². The highest BCUT2D eigenvalue weighted by molar-refractivity contribution is 7.99. The monoisotopic (exact) mass is 395 g/mol. The summed E-state index contributed by atoms with van der Waals surface area (Å²) in [7, 11) is 1.63. The van der Waals surface area contributed by atoms with Gasteiger partial charge in [0.25, 0.3) is 0 Å². The molecule has 1 saturated carbocycles. The maximum absolute atomic E-state index is 12.3. The summed E-state index contributed by atoms with van der Waals surface area (Å²) in [5.41, 5.74) is 1.97. The number of nitrogens with one attached hydrogen (secondary N) is 1. The number of hydrogen-bond donors (Lipinski definition) is 1. The summed E-state index contributed by atoms with van der Waals surface area (Å²) < 4.78 is 7.28. The molecule has 1 aliphatic rings. The van der Waals surface area contributed by atoms with E-state index in [2.05, 4.69) is 25.1 Å². The normalized spacial score (nSPS) is 13.3. The van der Waals surface area contributed by atoms with Crippen molar-refractivity contribution in [3.05, 3.63) is 54.4 Å². The Morgan fingerprint density at radius 1 is 1.25 bits per heavy atom. The number of benzene rings is 1. The third-order valence-electron chi connectivity index (χ3n) is 4.48.